The van der Waals surface area contributed by atoms with Crippen LogP contribution in [0.5, 0.6) is 0 Å². The summed E-state index contributed by atoms with van der Waals surface area (Å²) >= 11 is 1.68. The van der Waals surface area contributed by atoms with Gasteiger partial charge in [-0.2, -0.15) is 5.10 Å². The first-order valence-electron chi connectivity index (χ1n) is 9.39. The van der Waals surface area contributed by atoms with Crippen LogP contribution in [0.25, 0.3) is 10.2 Å². The van der Waals surface area contributed by atoms with Gasteiger partial charge in [-0.15, -0.1) is 11.3 Å². The van der Waals surface area contributed by atoms with Crippen molar-refractivity contribution >= 4 is 39.2 Å². The van der Waals surface area contributed by atoms with Crippen molar-refractivity contribution in [1.82, 2.24) is 24.6 Å². The molecule has 9 heteroatoms. The number of carbonyl (C=O) groups is 1. The first-order chi connectivity index (χ1) is 13.3. The first kappa shape index (κ1) is 18.7. The molecule has 3 aromatic heterocycles. The number of nitrogens with zero attached hydrogens (tertiary/aromatic N) is 6. The number of rotatable bonds is 2. The number of aryl methyl sites for hydroxylation is 1. The topological polar surface area (TPSA) is 79.2 Å². The van der Waals surface area contributed by atoms with Crippen molar-refractivity contribution in [2.45, 2.75) is 33.2 Å². The van der Waals surface area contributed by atoms with Gasteiger partial charge < -0.3 is 9.80 Å². The van der Waals surface area contributed by atoms with Crippen LogP contribution in [0.2, 0.25) is 0 Å². The molecule has 4 heterocycles. The predicted octanol–water partition coefficient (Wildman–Crippen LogP) is 3.31. The van der Waals surface area contributed by atoms with E-state index in [2.05, 4.69) is 59.0 Å². The third kappa shape index (κ3) is 3.54. The molecule has 28 heavy (non-hydrogen) atoms. The molecular weight excluding hydrogens is 374 g/mol. The lowest BCUT2D eigenvalue weighted by molar-refractivity contribution is 0.207. The molecule has 0 bridgehead atoms. The molecule has 3 aromatic rings. The van der Waals surface area contributed by atoms with Crippen LogP contribution in [-0.4, -0.2) is 56.9 Å². The van der Waals surface area contributed by atoms with E-state index in [0.29, 0.717) is 18.9 Å². The number of nitrogens with one attached hydrogen (secondary N) is 1. The Bertz CT molecular complexity index is 995. The molecule has 8 nitrogen and oxygen atoms in total. The van der Waals surface area contributed by atoms with Crippen molar-refractivity contribution in [3.8, 4) is 0 Å². The molecule has 0 atom stereocenters. The SMILES string of the molecule is Cc1cc2c(N3CCN(C(=O)Nc4ccnn4C(C)(C)C)CC3)ncnc2s1. The van der Waals surface area contributed by atoms with Crippen LogP contribution in [-0.2, 0) is 5.54 Å². The molecule has 0 unspecified atom stereocenters. The highest BCUT2D eigenvalue weighted by molar-refractivity contribution is 7.18. The Balaban J connectivity index is 1.43. The van der Waals surface area contributed by atoms with Gasteiger partial charge in [-0.05, 0) is 33.8 Å². The standard InChI is InChI=1S/C19H25N7OS/c1-13-11-14-16(20-12-21-17(14)28-13)24-7-9-25(10-8-24)18(27)23-15-5-6-22-26(15)19(2,3)4/h5-6,11-12H,7-10H2,1-4H3,(H,23,27). The van der Waals surface area contributed by atoms with E-state index < -0.39 is 0 Å². The predicted molar refractivity (Wildman–Crippen MR) is 112 cm³/mol. The number of hydrogen-bond acceptors (Lipinski definition) is 6. The zero-order valence-corrected chi connectivity index (χ0v) is 17.5. The number of hydrogen-bond donors (Lipinski definition) is 1. The summed E-state index contributed by atoms with van der Waals surface area (Å²) in [6.07, 6.45) is 3.34. The number of thiophene rings is 1. The summed E-state index contributed by atoms with van der Waals surface area (Å²) < 4.78 is 1.83. The van der Waals surface area contributed by atoms with Gasteiger partial charge in [0.2, 0.25) is 0 Å². The Morgan fingerprint density at radius 3 is 2.64 bits per heavy atom. The molecule has 1 N–H and O–H groups in total. The Morgan fingerprint density at radius 2 is 1.93 bits per heavy atom. The molecule has 1 aliphatic rings. The van der Waals surface area contributed by atoms with E-state index in [-0.39, 0.29) is 11.6 Å². The smallest absolute Gasteiger partial charge is 0.323 e. The summed E-state index contributed by atoms with van der Waals surface area (Å²) in [7, 11) is 0. The van der Waals surface area contributed by atoms with Crippen LogP contribution >= 0.6 is 11.3 Å². The van der Waals surface area contributed by atoms with Gasteiger partial charge in [0.1, 0.15) is 22.8 Å². The van der Waals surface area contributed by atoms with Crippen molar-refractivity contribution in [3.63, 3.8) is 0 Å². The molecule has 0 spiro atoms. The van der Waals surface area contributed by atoms with E-state index in [0.717, 1.165) is 29.1 Å². The number of amides is 2. The Kier molecular flexibility index (Phi) is 4.70. The monoisotopic (exact) mass is 399 g/mol. The van der Waals surface area contributed by atoms with Crippen molar-refractivity contribution in [2.24, 2.45) is 0 Å². The zero-order chi connectivity index (χ0) is 19.9. The van der Waals surface area contributed by atoms with Gasteiger partial charge in [0.15, 0.2) is 0 Å². The van der Waals surface area contributed by atoms with Gasteiger partial charge in [-0.1, -0.05) is 0 Å². The van der Waals surface area contributed by atoms with Gasteiger partial charge in [0.25, 0.3) is 0 Å². The van der Waals surface area contributed by atoms with Crippen LogP contribution in [0.1, 0.15) is 25.6 Å². The summed E-state index contributed by atoms with van der Waals surface area (Å²) in [6.45, 7) is 11.0. The normalized spacial score (nSPS) is 15.3. The Hall–Kier alpha value is -2.68. The van der Waals surface area contributed by atoms with Gasteiger partial charge in [0.05, 0.1) is 17.1 Å². The minimum absolute atomic E-state index is 0.0927. The average Bonchev–Trinajstić information content (AvgIpc) is 3.26. The second-order valence-electron chi connectivity index (χ2n) is 7.98. The van der Waals surface area contributed by atoms with E-state index in [1.54, 1.807) is 23.9 Å². The maximum absolute atomic E-state index is 12.7. The lowest BCUT2D eigenvalue weighted by Gasteiger charge is -2.35. The number of aromatic nitrogens is 4. The third-order valence-corrected chi connectivity index (χ3v) is 5.77. The summed E-state index contributed by atoms with van der Waals surface area (Å²) in [4.78, 5) is 27.9. The molecule has 4 rings (SSSR count). The highest BCUT2D eigenvalue weighted by Crippen LogP contribution is 2.30. The lowest BCUT2D eigenvalue weighted by Crippen LogP contribution is -2.50. The highest BCUT2D eigenvalue weighted by atomic mass is 32.1. The van der Waals surface area contributed by atoms with Crippen molar-refractivity contribution in [1.29, 1.82) is 0 Å². The molecule has 0 saturated carbocycles. The molecule has 2 amide bonds. The average molecular weight is 400 g/mol. The number of urea groups is 1. The van der Waals surface area contributed by atoms with Crippen LogP contribution < -0.4 is 10.2 Å². The van der Waals surface area contributed by atoms with E-state index >= 15 is 0 Å². The molecule has 1 saturated heterocycles. The quantitative estimate of drug-likeness (QED) is 0.715. The second kappa shape index (κ2) is 7.05. The molecule has 0 aromatic carbocycles. The van der Waals surface area contributed by atoms with Crippen molar-refractivity contribution in [3.05, 3.63) is 29.5 Å². The van der Waals surface area contributed by atoms with E-state index in [1.807, 2.05) is 15.6 Å². The fourth-order valence-corrected chi connectivity index (χ4v) is 4.30. The van der Waals surface area contributed by atoms with Crippen LogP contribution in [0.3, 0.4) is 0 Å². The van der Waals surface area contributed by atoms with E-state index in [9.17, 15) is 4.79 Å². The number of carbonyl (C=O) groups excluding carboxylic acids is 1. The van der Waals surface area contributed by atoms with Crippen molar-refractivity contribution < 1.29 is 4.79 Å². The molecule has 0 aliphatic carbocycles. The van der Waals surface area contributed by atoms with Gasteiger partial charge in [-0.3, -0.25) is 5.32 Å². The number of piperazine rings is 1. The van der Waals surface area contributed by atoms with Gasteiger partial charge in [0, 0.05) is 37.1 Å². The van der Waals surface area contributed by atoms with E-state index in [1.165, 1.54) is 4.88 Å². The number of fused-ring (bicyclic) bond motifs is 1. The largest absolute Gasteiger partial charge is 0.352 e. The van der Waals surface area contributed by atoms with Crippen LogP contribution in [0.15, 0.2) is 24.7 Å². The fraction of sp³-hybridized carbons (Fsp3) is 0.474. The van der Waals surface area contributed by atoms with Gasteiger partial charge in [-0.25, -0.2) is 19.4 Å². The number of anilines is 2. The molecule has 1 fully saturated rings. The maximum Gasteiger partial charge on any atom is 0.323 e. The Morgan fingerprint density at radius 1 is 1.18 bits per heavy atom. The van der Waals surface area contributed by atoms with E-state index in [4.69, 9.17) is 0 Å². The maximum atomic E-state index is 12.7. The molecule has 1 aliphatic heterocycles. The fourth-order valence-electron chi connectivity index (χ4n) is 3.46. The third-order valence-electron chi connectivity index (χ3n) is 4.81. The first-order valence-corrected chi connectivity index (χ1v) is 10.2. The molecule has 0 radical (unpaired) electrons. The van der Waals surface area contributed by atoms with Crippen LogP contribution in [0.4, 0.5) is 16.4 Å². The lowest BCUT2D eigenvalue weighted by atomic mass is 10.1. The highest BCUT2D eigenvalue weighted by Gasteiger charge is 2.25. The molecular formula is C19H25N7OS. The minimum atomic E-state index is -0.193. The summed E-state index contributed by atoms with van der Waals surface area (Å²) in [5, 5.41) is 8.42. The minimum Gasteiger partial charge on any atom is -0.352 e. The second-order valence-corrected chi connectivity index (χ2v) is 9.21. The van der Waals surface area contributed by atoms with Crippen molar-refractivity contribution in [2.75, 3.05) is 36.4 Å². The summed E-state index contributed by atoms with van der Waals surface area (Å²) in [5.41, 5.74) is -0.193. The zero-order valence-electron chi connectivity index (χ0n) is 16.6. The summed E-state index contributed by atoms with van der Waals surface area (Å²) in [6, 6.07) is 3.88. The Labute approximate surface area is 168 Å². The summed E-state index contributed by atoms with van der Waals surface area (Å²) in [5.74, 6) is 1.67. The molecule has 148 valence electrons. The van der Waals surface area contributed by atoms with Crippen LogP contribution in [0, 0.1) is 6.92 Å². The van der Waals surface area contributed by atoms with Gasteiger partial charge >= 0.3 is 6.03 Å².